The van der Waals surface area contributed by atoms with Crippen LogP contribution in [0.1, 0.15) is 26.3 Å². The molecule has 0 saturated heterocycles. The standard InChI is InChI=1S/C19H18N4O2S/c1-13-17(20-8-7-18(13)25-2)12-26(24)19-21-15-6-5-14(11-16(15)22-19)23-9-3-4-10-23/h3-11H,12H2,1-2H3,(H,21,22)/i1D3,3D,4D,7D,8D,9D,10D,12D2/hD. The summed E-state index contributed by atoms with van der Waals surface area (Å²) in [4.78, 5) is 8.27. The molecule has 0 spiro atoms. The molecule has 3 heterocycles. The number of nitrogens with zero attached hydrogens (tertiary/aromatic N) is 3. The molecule has 132 valence electrons. The normalized spacial score (nSPS) is 20.0. The Morgan fingerprint density at radius 3 is 3.08 bits per heavy atom. The average molecular weight is 379 g/mol. The second kappa shape index (κ2) is 6.76. The number of pyridine rings is 1. The Morgan fingerprint density at radius 1 is 1.46 bits per heavy atom. The van der Waals surface area contributed by atoms with Gasteiger partial charge in [0.1, 0.15) is 5.75 Å². The molecule has 1 atom stereocenters. The fourth-order valence-electron chi connectivity index (χ4n) is 2.19. The number of hydrogen-bond donors (Lipinski definition) is 1. The van der Waals surface area contributed by atoms with Gasteiger partial charge in [0, 0.05) is 36.6 Å². The summed E-state index contributed by atoms with van der Waals surface area (Å²) in [5, 5.41) is -0.632. The molecular formula is C19H18N4O2S. The molecule has 0 radical (unpaired) electrons. The number of rotatable bonds is 5. The molecule has 0 bridgehead atoms. The van der Waals surface area contributed by atoms with Crippen molar-refractivity contribution in [1.29, 1.82) is 0 Å². The molecule has 0 aliphatic heterocycles. The van der Waals surface area contributed by atoms with E-state index in [4.69, 9.17) is 21.2 Å². The van der Waals surface area contributed by atoms with Crippen molar-refractivity contribution in [2.75, 3.05) is 7.11 Å². The Kier molecular flexibility index (Phi) is 2.02. The lowest BCUT2D eigenvalue weighted by molar-refractivity contribution is 0.410. The highest BCUT2D eigenvalue weighted by atomic mass is 32.2. The van der Waals surface area contributed by atoms with E-state index >= 15 is 0 Å². The van der Waals surface area contributed by atoms with E-state index in [0.717, 1.165) is 11.7 Å². The molecular weight excluding hydrogens is 348 g/mol. The maximum Gasteiger partial charge on any atom is 0.197 e. The number of fused-ring (bicyclic) bond motifs is 1. The van der Waals surface area contributed by atoms with Crippen LogP contribution in [0.3, 0.4) is 0 Å². The van der Waals surface area contributed by atoms with Crippen LogP contribution in [0.2, 0.25) is 1.41 Å². The minimum atomic E-state index is -3.10. The molecule has 7 heteroatoms. The van der Waals surface area contributed by atoms with Gasteiger partial charge in [0.2, 0.25) is 0 Å². The molecule has 0 amide bonds. The summed E-state index contributed by atoms with van der Waals surface area (Å²) in [6.07, 6.45) is -1.65. The maximum atomic E-state index is 13.5. The third kappa shape index (κ3) is 3.01. The third-order valence-electron chi connectivity index (χ3n) is 3.41. The van der Waals surface area contributed by atoms with E-state index in [9.17, 15) is 4.21 Å². The van der Waals surface area contributed by atoms with Crippen LogP contribution in [0.5, 0.6) is 5.75 Å². The molecule has 26 heavy (non-hydrogen) atoms. The summed E-state index contributed by atoms with van der Waals surface area (Å²) in [7, 11) is -1.83. The fraction of sp³-hybridized carbons (Fsp3) is 0.158. The van der Waals surface area contributed by atoms with Crippen molar-refractivity contribution in [3.8, 4) is 11.4 Å². The van der Waals surface area contributed by atoms with Gasteiger partial charge < -0.3 is 14.3 Å². The summed E-state index contributed by atoms with van der Waals surface area (Å²) in [5.74, 6) is -0.614. The Hall–Kier alpha value is -2.93. The first kappa shape index (κ1) is 7.75. The van der Waals surface area contributed by atoms with E-state index in [2.05, 4.69) is 9.97 Å². The molecule has 0 aliphatic rings. The van der Waals surface area contributed by atoms with E-state index in [1.54, 1.807) is 0 Å². The summed E-state index contributed by atoms with van der Waals surface area (Å²) >= 11 is 0. The predicted octanol–water partition coefficient (Wildman–Crippen LogP) is 3.37. The van der Waals surface area contributed by atoms with Gasteiger partial charge in [-0.15, -0.1) is 0 Å². The number of methoxy groups -OCH3 is 1. The lowest BCUT2D eigenvalue weighted by atomic mass is 10.2. The van der Waals surface area contributed by atoms with E-state index in [0.29, 0.717) is 4.98 Å². The van der Waals surface area contributed by atoms with Crippen LogP contribution in [0, 0.1) is 6.85 Å². The van der Waals surface area contributed by atoms with Gasteiger partial charge >= 0.3 is 0 Å². The third-order valence-corrected chi connectivity index (χ3v) is 4.30. The number of imidazole rings is 1. The van der Waals surface area contributed by atoms with Crippen LogP contribution < -0.4 is 4.74 Å². The van der Waals surface area contributed by atoms with Gasteiger partial charge in [0.25, 0.3) is 0 Å². The first-order chi connectivity index (χ1) is 17.5. The van der Waals surface area contributed by atoms with Gasteiger partial charge in [-0.1, -0.05) is 0 Å². The number of hydrogen-bond acceptors (Lipinski definition) is 4. The van der Waals surface area contributed by atoms with Crippen molar-refractivity contribution in [1.82, 2.24) is 19.5 Å². The van der Waals surface area contributed by atoms with Gasteiger partial charge in [-0.3, -0.25) is 9.19 Å². The van der Waals surface area contributed by atoms with Crippen LogP contribution in [0.25, 0.3) is 16.7 Å². The lowest BCUT2D eigenvalue weighted by Crippen LogP contribution is -2.03. The number of benzene rings is 1. The smallest absolute Gasteiger partial charge is 0.197 e. The molecule has 4 aromatic rings. The molecule has 1 N–H and O–H groups in total. The van der Waals surface area contributed by atoms with Crippen LogP contribution in [0.15, 0.2) is 60.0 Å². The SMILES string of the molecule is [2H]c1nc(C([2H])([2H])S(=O)c2nc3cc(-n4c([2H])c([2H])c([2H])c4[2H])ccc3n2[2H])c(C([2H])([2H])[2H])c(OC)c1[2H]. The van der Waals surface area contributed by atoms with Crippen LogP contribution in [-0.4, -0.2) is 30.8 Å². The van der Waals surface area contributed by atoms with Crippen molar-refractivity contribution in [3.63, 3.8) is 0 Å². The van der Waals surface area contributed by atoms with Crippen LogP contribution in [0.4, 0.5) is 0 Å². The lowest BCUT2D eigenvalue weighted by Gasteiger charge is -2.08. The maximum absolute atomic E-state index is 13.5. The second-order valence-corrected chi connectivity index (χ2v) is 6.07. The highest BCUT2D eigenvalue weighted by Gasteiger charge is 2.15. The van der Waals surface area contributed by atoms with E-state index in [1.807, 2.05) is 0 Å². The highest BCUT2D eigenvalue weighted by molar-refractivity contribution is 7.84. The van der Waals surface area contributed by atoms with Gasteiger partial charge in [0.05, 0.1) is 48.6 Å². The van der Waals surface area contributed by atoms with Crippen molar-refractivity contribution >= 4 is 21.8 Å². The van der Waals surface area contributed by atoms with Gasteiger partial charge in [-0.25, -0.2) is 4.98 Å². The number of H-pyrrole nitrogens is 1. The molecule has 0 fully saturated rings. The first-order valence-corrected chi connectivity index (χ1v) is 8.34. The van der Waals surface area contributed by atoms with Gasteiger partial charge in [0.15, 0.2) is 6.57 Å². The molecule has 6 nitrogen and oxygen atoms in total. The van der Waals surface area contributed by atoms with Gasteiger partial charge in [-0.05, 0) is 43.2 Å². The van der Waals surface area contributed by atoms with Crippen LogP contribution in [-0.2, 0) is 16.5 Å². The predicted molar refractivity (Wildman–Crippen MR) is 101 cm³/mol. The molecule has 3 aromatic heterocycles. The zero-order valence-corrected chi connectivity index (χ0v) is 14.1. The van der Waals surface area contributed by atoms with E-state index in [-0.39, 0.29) is 16.7 Å². The second-order valence-electron chi connectivity index (χ2n) is 4.96. The molecule has 0 aliphatic carbocycles. The number of ether oxygens (including phenoxy) is 1. The fourth-order valence-corrected chi connectivity index (χ4v) is 2.97. The zero-order valence-electron chi connectivity index (χ0n) is 25.2. The van der Waals surface area contributed by atoms with Gasteiger partial charge in [-0.2, -0.15) is 0 Å². The molecule has 0 saturated carbocycles. The Balaban J connectivity index is 1.89. The first-order valence-electron chi connectivity index (χ1n) is 13.1. The summed E-state index contributed by atoms with van der Waals surface area (Å²) in [6.45, 7) is -3.06. The van der Waals surface area contributed by atoms with Crippen molar-refractivity contribution in [3.05, 3.63) is 66.1 Å². The van der Waals surface area contributed by atoms with Crippen molar-refractivity contribution < 1.29 is 25.4 Å². The summed E-state index contributed by atoms with van der Waals surface area (Å²) in [5.41, 5.74) is -4.64. The van der Waals surface area contributed by atoms with Crippen molar-refractivity contribution in [2.45, 2.75) is 17.7 Å². The molecule has 4 rings (SSSR count). The quantitative estimate of drug-likeness (QED) is 0.578. The largest absolute Gasteiger partial charge is 0.496 e. The zero-order chi connectivity index (χ0) is 28.5. The van der Waals surface area contributed by atoms with Crippen molar-refractivity contribution in [2.24, 2.45) is 0 Å². The Morgan fingerprint density at radius 2 is 2.31 bits per heavy atom. The summed E-state index contributed by atoms with van der Waals surface area (Å²) in [6, 6.07) is 2.40. The van der Waals surface area contributed by atoms with E-state index < -0.39 is 82.2 Å². The van der Waals surface area contributed by atoms with E-state index in [1.165, 1.54) is 18.2 Å². The minimum absolute atomic E-state index is 0.00600. The summed E-state index contributed by atoms with van der Waals surface area (Å²) < 4.78 is 116. The highest BCUT2D eigenvalue weighted by Crippen LogP contribution is 2.22. The molecule has 1 unspecified atom stereocenters. The number of aromatic nitrogens is 4. The average Bonchev–Trinajstić information content (AvgIpc) is 3.27. The Labute approximate surface area is 170 Å². The minimum Gasteiger partial charge on any atom is -0.496 e. The number of nitrogens with one attached hydrogen (secondary N) is 1. The molecule has 1 aromatic carbocycles. The Bertz CT molecular complexity index is 1600. The monoisotopic (exact) mass is 378 g/mol. The topological polar surface area (TPSA) is 72.8 Å². The van der Waals surface area contributed by atoms with Crippen LogP contribution >= 0.6 is 0 Å². The number of aromatic amines is 1.